The van der Waals surface area contributed by atoms with E-state index in [1.54, 1.807) is 35.2 Å². The minimum atomic E-state index is -2.55. The number of carbonyl (C=O) groups excluding carboxylic acids is 1. The summed E-state index contributed by atoms with van der Waals surface area (Å²) in [6, 6.07) is 11.7. The number of nitrogens with zero attached hydrogens (tertiary/aromatic N) is 1. The second-order valence-electron chi connectivity index (χ2n) is 5.51. The molecule has 0 radical (unpaired) electrons. The number of anilines is 1. The maximum absolute atomic E-state index is 12.7. The molecule has 0 fully saturated rings. The molecule has 0 saturated heterocycles. The van der Waals surface area contributed by atoms with Crippen LogP contribution in [0.4, 0.5) is 19.3 Å². The normalized spacial score (nSPS) is 12.3. The summed E-state index contributed by atoms with van der Waals surface area (Å²) in [7, 11) is 0. The van der Waals surface area contributed by atoms with Gasteiger partial charge >= 0.3 is 6.03 Å². The second-order valence-corrected chi connectivity index (χ2v) is 6.54. The Hall–Kier alpha value is -2.48. The third kappa shape index (κ3) is 4.37. The van der Waals surface area contributed by atoms with E-state index in [0.29, 0.717) is 46.9 Å². The zero-order chi connectivity index (χ0) is 18.5. The summed E-state index contributed by atoms with van der Waals surface area (Å²) < 4.78 is 36.0. The van der Waals surface area contributed by atoms with E-state index in [4.69, 9.17) is 9.47 Å². The van der Waals surface area contributed by atoms with E-state index >= 15 is 0 Å². The number of alkyl halides is 2. The minimum Gasteiger partial charge on any atom is -0.454 e. The lowest BCUT2D eigenvalue weighted by Crippen LogP contribution is -2.34. The number of halogens is 2. The molecule has 26 heavy (non-hydrogen) atoms. The Morgan fingerprint density at radius 3 is 2.77 bits per heavy atom. The number of ether oxygens (including phenoxy) is 2. The van der Waals surface area contributed by atoms with Crippen molar-refractivity contribution >= 4 is 23.5 Å². The van der Waals surface area contributed by atoms with Crippen LogP contribution in [0.15, 0.2) is 47.4 Å². The smallest absolute Gasteiger partial charge is 0.322 e. The molecule has 0 atom stereocenters. The molecule has 2 amide bonds. The van der Waals surface area contributed by atoms with Crippen molar-refractivity contribution in [3.8, 4) is 11.5 Å². The largest absolute Gasteiger partial charge is 0.454 e. The van der Waals surface area contributed by atoms with Crippen LogP contribution in [0.5, 0.6) is 11.5 Å². The van der Waals surface area contributed by atoms with Crippen molar-refractivity contribution in [2.75, 3.05) is 18.7 Å². The number of hydrogen-bond acceptors (Lipinski definition) is 4. The van der Waals surface area contributed by atoms with Crippen molar-refractivity contribution in [1.82, 2.24) is 4.90 Å². The Bertz CT molecular complexity index is 789. The van der Waals surface area contributed by atoms with Crippen molar-refractivity contribution in [1.29, 1.82) is 0 Å². The molecule has 1 aliphatic heterocycles. The molecule has 8 heteroatoms. The fourth-order valence-electron chi connectivity index (χ4n) is 2.55. The van der Waals surface area contributed by atoms with Crippen LogP contribution in [0.2, 0.25) is 0 Å². The number of carbonyl (C=O) groups is 1. The number of rotatable bonds is 6. The highest BCUT2D eigenvalue weighted by molar-refractivity contribution is 7.99. The first-order valence-corrected chi connectivity index (χ1v) is 8.93. The number of hydrogen-bond donors (Lipinski definition) is 1. The number of benzene rings is 2. The average molecular weight is 380 g/mol. The zero-order valence-corrected chi connectivity index (χ0v) is 14.9. The summed E-state index contributed by atoms with van der Waals surface area (Å²) in [4.78, 5) is 14.5. The molecule has 0 aromatic heterocycles. The molecule has 2 aromatic rings. The molecule has 1 heterocycles. The highest BCUT2D eigenvalue weighted by atomic mass is 32.2. The maximum atomic E-state index is 12.7. The van der Waals surface area contributed by atoms with Gasteiger partial charge in [-0.2, -0.15) is 8.78 Å². The molecule has 0 saturated carbocycles. The summed E-state index contributed by atoms with van der Waals surface area (Å²) >= 11 is 0.407. The third-order valence-corrected chi connectivity index (χ3v) is 4.61. The van der Waals surface area contributed by atoms with E-state index in [2.05, 4.69) is 5.32 Å². The lowest BCUT2D eigenvalue weighted by Gasteiger charge is -2.22. The van der Waals surface area contributed by atoms with Crippen LogP contribution in [0, 0.1) is 0 Å². The Balaban J connectivity index is 1.70. The van der Waals surface area contributed by atoms with Crippen LogP contribution in [-0.2, 0) is 6.54 Å². The van der Waals surface area contributed by atoms with Crippen LogP contribution in [0.3, 0.4) is 0 Å². The van der Waals surface area contributed by atoms with Crippen LogP contribution in [0.1, 0.15) is 12.5 Å². The van der Waals surface area contributed by atoms with Crippen LogP contribution in [-0.4, -0.2) is 30.0 Å². The topological polar surface area (TPSA) is 50.8 Å². The van der Waals surface area contributed by atoms with Crippen molar-refractivity contribution < 1.29 is 23.0 Å². The van der Waals surface area contributed by atoms with Gasteiger partial charge in [0.05, 0.1) is 5.69 Å². The van der Waals surface area contributed by atoms with Crippen molar-refractivity contribution in [2.24, 2.45) is 0 Å². The van der Waals surface area contributed by atoms with Crippen LogP contribution in [0.25, 0.3) is 0 Å². The van der Waals surface area contributed by atoms with E-state index in [1.165, 1.54) is 0 Å². The van der Waals surface area contributed by atoms with Crippen molar-refractivity contribution in [2.45, 2.75) is 24.1 Å². The molecule has 0 unspecified atom stereocenters. The number of urea groups is 1. The van der Waals surface area contributed by atoms with Gasteiger partial charge in [0.25, 0.3) is 5.76 Å². The number of amides is 2. The van der Waals surface area contributed by atoms with Gasteiger partial charge in [0.15, 0.2) is 11.5 Å². The first-order chi connectivity index (χ1) is 12.6. The summed E-state index contributed by atoms with van der Waals surface area (Å²) in [5, 5.41) is 2.72. The molecular formula is C18H18F2N2O3S. The van der Waals surface area contributed by atoms with Gasteiger partial charge in [0.2, 0.25) is 6.79 Å². The van der Waals surface area contributed by atoms with E-state index in [-0.39, 0.29) is 12.8 Å². The van der Waals surface area contributed by atoms with Gasteiger partial charge in [-0.1, -0.05) is 30.0 Å². The number of para-hydroxylation sites is 1. The van der Waals surface area contributed by atoms with E-state index in [1.807, 2.05) is 19.1 Å². The molecule has 1 aliphatic rings. The van der Waals surface area contributed by atoms with Gasteiger partial charge in [-0.05, 0) is 36.8 Å². The monoisotopic (exact) mass is 380 g/mol. The van der Waals surface area contributed by atoms with Crippen molar-refractivity contribution in [3.05, 3.63) is 48.0 Å². The van der Waals surface area contributed by atoms with Crippen LogP contribution >= 0.6 is 11.8 Å². The molecule has 1 N–H and O–H groups in total. The van der Waals surface area contributed by atoms with Crippen LogP contribution < -0.4 is 14.8 Å². The van der Waals surface area contributed by atoms with Gasteiger partial charge in [0.1, 0.15) is 0 Å². The fourth-order valence-corrected chi connectivity index (χ4v) is 3.14. The Morgan fingerprint density at radius 1 is 1.23 bits per heavy atom. The quantitative estimate of drug-likeness (QED) is 0.733. The fraction of sp³-hybridized carbons (Fsp3) is 0.278. The molecule has 0 aliphatic carbocycles. The van der Waals surface area contributed by atoms with Gasteiger partial charge in [-0.25, -0.2) is 4.79 Å². The Labute approximate surface area is 154 Å². The highest BCUT2D eigenvalue weighted by Gasteiger charge is 2.18. The molecule has 5 nitrogen and oxygen atoms in total. The summed E-state index contributed by atoms with van der Waals surface area (Å²) in [5.41, 5.74) is 1.26. The van der Waals surface area contributed by atoms with Gasteiger partial charge in [-0.15, -0.1) is 0 Å². The van der Waals surface area contributed by atoms with Gasteiger partial charge in [-0.3, -0.25) is 0 Å². The minimum absolute atomic E-state index is 0.190. The first-order valence-electron chi connectivity index (χ1n) is 8.05. The molecule has 0 spiro atoms. The Kier molecular flexibility index (Phi) is 5.82. The summed E-state index contributed by atoms with van der Waals surface area (Å²) in [6.45, 7) is 2.87. The van der Waals surface area contributed by atoms with Gasteiger partial charge < -0.3 is 19.7 Å². The number of thioether (sulfide) groups is 1. The molecule has 138 valence electrons. The molecule has 3 rings (SSSR count). The zero-order valence-electron chi connectivity index (χ0n) is 14.1. The Morgan fingerprint density at radius 2 is 2.00 bits per heavy atom. The molecule has 2 aromatic carbocycles. The standard InChI is InChI=1S/C18H18F2N2O3S/c1-2-22(10-12-7-8-14-15(9-12)25-11-24-14)18(23)21-13-5-3-4-6-16(13)26-17(19)20/h3-9,17H,2,10-11H2,1H3,(H,21,23). The van der Waals surface area contributed by atoms with E-state index in [9.17, 15) is 13.6 Å². The highest BCUT2D eigenvalue weighted by Crippen LogP contribution is 2.33. The predicted molar refractivity (Wildman–Crippen MR) is 96.0 cm³/mol. The first kappa shape index (κ1) is 18.3. The SMILES string of the molecule is CCN(Cc1ccc2c(c1)OCO2)C(=O)Nc1ccccc1SC(F)F. The maximum Gasteiger partial charge on any atom is 0.322 e. The van der Waals surface area contributed by atoms with E-state index in [0.717, 1.165) is 5.56 Å². The number of nitrogens with one attached hydrogen (secondary N) is 1. The lowest BCUT2D eigenvalue weighted by atomic mass is 10.2. The summed E-state index contributed by atoms with van der Waals surface area (Å²) in [5.74, 6) is -1.22. The average Bonchev–Trinajstić information content (AvgIpc) is 3.08. The van der Waals surface area contributed by atoms with E-state index < -0.39 is 5.76 Å². The lowest BCUT2D eigenvalue weighted by molar-refractivity contribution is 0.174. The number of fused-ring (bicyclic) bond motifs is 1. The molecule has 0 bridgehead atoms. The predicted octanol–water partition coefficient (Wildman–Crippen LogP) is 4.78. The second kappa shape index (κ2) is 8.27. The van der Waals surface area contributed by atoms with Crippen molar-refractivity contribution in [3.63, 3.8) is 0 Å². The molecular weight excluding hydrogens is 362 g/mol. The van der Waals surface area contributed by atoms with Gasteiger partial charge in [0, 0.05) is 18.0 Å². The third-order valence-electron chi connectivity index (χ3n) is 3.82. The summed E-state index contributed by atoms with van der Waals surface area (Å²) in [6.07, 6.45) is 0.